The lowest BCUT2D eigenvalue weighted by Crippen LogP contribution is -2.36. The zero-order chi connectivity index (χ0) is 11.3. The van der Waals surface area contributed by atoms with Crippen LogP contribution in [0.4, 0.5) is 4.79 Å². The predicted octanol–water partition coefficient (Wildman–Crippen LogP) is 1.19. The van der Waals surface area contributed by atoms with Gasteiger partial charge in [-0.05, 0) is 40.2 Å². The van der Waals surface area contributed by atoms with E-state index in [9.17, 15) is 4.79 Å². The fourth-order valence-corrected chi connectivity index (χ4v) is 1.40. The van der Waals surface area contributed by atoms with Gasteiger partial charge in [-0.2, -0.15) is 5.48 Å². The molecule has 0 spiro atoms. The van der Waals surface area contributed by atoms with Crippen molar-refractivity contribution in [3.05, 3.63) is 0 Å². The van der Waals surface area contributed by atoms with E-state index in [1.54, 1.807) is 0 Å². The summed E-state index contributed by atoms with van der Waals surface area (Å²) in [6.07, 6.45) is 1.72. The summed E-state index contributed by atoms with van der Waals surface area (Å²) in [6.45, 7) is 6.95. The number of hydrogen-bond acceptors (Lipinski definition) is 4. The summed E-state index contributed by atoms with van der Waals surface area (Å²) in [4.78, 5) is 16.2. The van der Waals surface area contributed by atoms with E-state index in [1.807, 2.05) is 20.8 Å². The molecule has 0 saturated carbocycles. The highest BCUT2D eigenvalue weighted by Crippen LogP contribution is 2.07. The van der Waals surface area contributed by atoms with Crippen LogP contribution < -0.4 is 10.8 Å². The monoisotopic (exact) mass is 216 g/mol. The maximum atomic E-state index is 11.2. The smallest absolute Gasteiger partial charge is 0.431 e. The SMILES string of the molecule is CC(C)(C)OC(=O)NOCC1CCCN1. The maximum absolute atomic E-state index is 11.2. The van der Waals surface area contributed by atoms with Crippen molar-refractivity contribution in [3.63, 3.8) is 0 Å². The second-order valence-electron chi connectivity index (χ2n) is 4.71. The Labute approximate surface area is 90.5 Å². The molecular weight excluding hydrogens is 196 g/mol. The minimum absolute atomic E-state index is 0.347. The number of ether oxygens (including phenoxy) is 1. The number of hydrogen-bond donors (Lipinski definition) is 2. The molecule has 88 valence electrons. The summed E-state index contributed by atoms with van der Waals surface area (Å²) in [5, 5.41) is 3.26. The first-order valence-corrected chi connectivity index (χ1v) is 5.31. The molecule has 1 aliphatic rings. The average Bonchev–Trinajstić information content (AvgIpc) is 2.53. The van der Waals surface area contributed by atoms with Gasteiger partial charge in [-0.25, -0.2) is 4.79 Å². The third-order valence-corrected chi connectivity index (χ3v) is 2.00. The average molecular weight is 216 g/mol. The zero-order valence-corrected chi connectivity index (χ0v) is 9.63. The number of amides is 1. The molecule has 5 heteroatoms. The standard InChI is InChI=1S/C10H20N2O3/c1-10(2,3)15-9(13)12-14-7-8-5-4-6-11-8/h8,11H,4-7H2,1-3H3,(H,12,13). The van der Waals surface area contributed by atoms with Crippen molar-refractivity contribution >= 4 is 6.09 Å². The van der Waals surface area contributed by atoms with Crippen LogP contribution >= 0.6 is 0 Å². The van der Waals surface area contributed by atoms with Crippen LogP contribution in [0.25, 0.3) is 0 Å². The van der Waals surface area contributed by atoms with Gasteiger partial charge in [-0.15, -0.1) is 0 Å². The lowest BCUT2D eigenvalue weighted by atomic mass is 10.2. The fraction of sp³-hybridized carbons (Fsp3) is 0.900. The molecular formula is C10H20N2O3. The van der Waals surface area contributed by atoms with E-state index in [0.717, 1.165) is 13.0 Å². The second kappa shape index (κ2) is 5.32. The Balaban J connectivity index is 2.06. The quantitative estimate of drug-likeness (QED) is 0.696. The highest BCUT2D eigenvalue weighted by molar-refractivity contribution is 5.66. The molecule has 1 heterocycles. The summed E-state index contributed by atoms with van der Waals surface area (Å²) in [6, 6.07) is 0.347. The molecule has 0 bridgehead atoms. The van der Waals surface area contributed by atoms with Crippen molar-refractivity contribution in [2.45, 2.75) is 45.3 Å². The minimum atomic E-state index is -0.541. The Morgan fingerprint density at radius 2 is 2.27 bits per heavy atom. The van der Waals surface area contributed by atoms with E-state index in [-0.39, 0.29) is 0 Å². The molecule has 1 aliphatic heterocycles. The van der Waals surface area contributed by atoms with E-state index < -0.39 is 11.7 Å². The fourth-order valence-electron chi connectivity index (χ4n) is 1.40. The number of rotatable bonds is 3. The van der Waals surface area contributed by atoms with E-state index in [2.05, 4.69) is 10.8 Å². The van der Waals surface area contributed by atoms with Crippen molar-refractivity contribution in [1.82, 2.24) is 10.8 Å². The molecule has 1 unspecified atom stereocenters. The Bertz CT molecular complexity index is 207. The Kier molecular flexibility index (Phi) is 4.35. The van der Waals surface area contributed by atoms with Crippen LogP contribution in [0, 0.1) is 0 Å². The lowest BCUT2D eigenvalue weighted by Gasteiger charge is -2.19. The molecule has 1 rings (SSSR count). The van der Waals surface area contributed by atoms with Gasteiger partial charge in [0.1, 0.15) is 5.60 Å². The van der Waals surface area contributed by atoms with Crippen LogP contribution in [-0.4, -0.2) is 30.9 Å². The van der Waals surface area contributed by atoms with Gasteiger partial charge < -0.3 is 10.1 Å². The van der Waals surface area contributed by atoms with Gasteiger partial charge in [0.25, 0.3) is 0 Å². The molecule has 0 aromatic carbocycles. The van der Waals surface area contributed by atoms with Crippen molar-refractivity contribution in [3.8, 4) is 0 Å². The summed E-state index contributed by atoms with van der Waals surface area (Å²) >= 11 is 0. The van der Waals surface area contributed by atoms with Crippen LogP contribution in [0.3, 0.4) is 0 Å². The molecule has 2 N–H and O–H groups in total. The van der Waals surface area contributed by atoms with Gasteiger partial charge in [0.05, 0.1) is 6.61 Å². The normalized spacial score (nSPS) is 21.4. The van der Waals surface area contributed by atoms with Gasteiger partial charge in [0, 0.05) is 6.04 Å². The lowest BCUT2D eigenvalue weighted by molar-refractivity contribution is -0.0122. The molecule has 1 fully saturated rings. The van der Waals surface area contributed by atoms with E-state index in [4.69, 9.17) is 9.57 Å². The highest BCUT2D eigenvalue weighted by Gasteiger charge is 2.17. The molecule has 0 aliphatic carbocycles. The maximum Gasteiger partial charge on any atom is 0.431 e. The van der Waals surface area contributed by atoms with Crippen molar-refractivity contribution < 1.29 is 14.4 Å². The molecule has 15 heavy (non-hydrogen) atoms. The largest absolute Gasteiger partial charge is 0.442 e. The Morgan fingerprint density at radius 3 is 2.80 bits per heavy atom. The minimum Gasteiger partial charge on any atom is -0.442 e. The molecule has 0 radical (unpaired) electrons. The van der Waals surface area contributed by atoms with Gasteiger partial charge in [0.2, 0.25) is 0 Å². The third kappa shape index (κ3) is 5.59. The van der Waals surface area contributed by atoms with Crippen LogP contribution in [-0.2, 0) is 9.57 Å². The van der Waals surface area contributed by atoms with Crippen LogP contribution in [0.15, 0.2) is 0 Å². The number of carbonyl (C=O) groups excluding carboxylic acids is 1. The van der Waals surface area contributed by atoms with E-state index >= 15 is 0 Å². The van der Waals surface area contributed by atoms with Crippen molar-refractivity contribution in [1.29, 1.82) is 0 Å². The Morgan fingerprint density at radius 1 is 1.53 bits per heavy atom. The molecule has 0 aromatic heterocycles. The first-order chi connectivity index (χ1) is 6.97. The molecule has 1 amide bonds. The molecule has 0 aromatic rings. The van der Waals surface area contributed by atoms with Crippen LogP contribution in [0.1, 0.15) is 33.6 Å². The summed E-state index contributed by atoms with van der Waals surface area (Å²) < 4.78 is 5.01. The molecule has 5 nitrogen and oxygen atoms in total. The van der Waals surface area contributed by atoms with Gasteiger partial charge in [0.15, 0.2) is 0 Å². The van der Waals surface area contributed by atoms with Crippen molar-refractivity contribution in [2.75, 3.05) is 13.2 Å². The summed E-state index contributed by atoms with van der Waals surface area (Å²) in [5.74, 6) is 0. The van der Waals surface area contributed by atoms with Gasteiger partial charge >= 0.3 is 6.09 Å². The molecule has 1 atom stereocenters. The molecule has 1 saturated heterocycles. The third-order valence-electron chi connectivity index (χ3n) is 2.00. The summed E-state index contributed by atoms with van der Waals surface area (Å²) in [7, 11) is 0. The first-order valence-electron chi connectivity index (χ1n) is 5.31. The first kappa shape index (κ1) is 12.3. The second-order valence-corrected chi connectivity index (χ2v) is 4.71. The van der Waals surface area contributed by atoms with Crippen LogP contribution in [0.5, 0.6) is 0 Å². The number of hydroxylamine groups is 1. The van der Waals surface area contributed by atoms with E-state index in [1.165, 1.54) is 6.42 Å². The van der Waals surface area contributed by atoms with Crippen LogP contribution in [0.2, 0.25) is 0 Å². The zero-order valence-electron chi connectivity index (χ0n) is 9.63. The predicted molar refractivity (Wildman–Crippen MR) is 56.3 cm³/mol. The summed E-state index contributed by atoms with van der Waals surface area (Å²) in [5.41, 5.74) is 1.78. The topological polar surface area (TPSA) is 59.6 Å². The van der Waals surface area contributed by atoms with Crippen molar-refractivity contribution in [2.24, 2.45) is 0 Å². The number of carbonyl (C=O) groups is 1. The number of nitrogens with one attached hydrogen (secondary N) is 2. The Hall–Kier alpha value is -0.810. The highest BCUT2D eigenvalue weighted by atomic mass is 16.7. The van der Waals surface area contributed by atoms with E-state index in [0.29, 0.717) is 12.6 Å². The van der Waals surface area contributed by atoms with Gasteiger partial charge in [-0.3, -0.25) is 4.84 Å². The van der Waals surface area contributed by atoms with Gasteiger partial charge in [-0.1, -0.05) is 0 Å².